The molecule has 0 radical (unpaired) electrons. The van der Waals surface area contributed by atoms with Crippen molar-refractivity contribution in [1.82, 2.24) is 4.98 Å². The Hall–Kier alpha value is -1.60. The molecule has 1 fully saturated rings. The van der Waals surface area contributed by atoms with Crippen LogP contribution >= 0.6 is 0 Å². The summed E-state index contributed by atoms with van der Waals surface area (Å²) in [5.74, 6) is 0.675. The average Bonchev–Trinajstić information content (AvgIpc) is 2.61. The molecule has 1 aliphatic rings. The Morgan fingerprint density at radius 2 is 2.00 bits per heavy atom. The first-order valence-corrected chi connectivity index (χ1v) is 6.96. The van der Waals surface area contributed by atoms with Crippen molar-refractivity contribution in [2.24, 2.45) is 0 Å². The Morgan fingerprint density at radius 1 is 1.32 bits per heavy atom. The molecule has 102 valence electrons. The normalized spacial score (nSPS) is 18.4. The third-order valence-corrected chi connectivity index (χ3v) is 3.72. The molecule has 0 unspecified atom stereocenters. The van der Waals surface area contributed by atoms with Crippen molar-refractivity contribution in [2.75, 3.05) is 11.9 Å². The average molecular weight is 259 g/mol. The van der Waals surface area contributed by atoms with Gasteiger partial charge in [-0.2, -0.15) is 5.26 Å². The van der Waals surface area contributed by atoms with Crippen LogP contribution in [-0.4, -0.2) is 22.2 Å². The van der Waals surface area contributed by atoms with Crippen LogP contribution in [0.4, 0.5) is 5.82 Å². The van der Waals surface area contributed by atoms with Gasteiger partial charge in [0.1, 0.15) is 5.82 Å². The lowest BCUT2D eigenvalue weighted by molar-refractivity contribution is 0.0380. The minimum Gasteiger partial charge on any atom is -0.388 e. The number of rotatable bonds is 3. The van der Waals surface area contributed by atoms with Crippen LogP contribution in [0.5, 0.6) is 0 Å². The molecule has 0 spiro atoms. The van der Waals surface area contributed by atoms with E-state index in [4.69, 9.17) is 5.26 Å². The minimum absolute atomic E-state index is 0.508. The number of nitrogens with one attached hydrogen (secondary N) is 1. The summed E-state index contributed by atoms with van der Waals surface area (Å²) in [4.78, 5) is 4.35. The lowest BCUT2D eigenvalue weighted by atomic mass is 9.94. The van der Waals surface area contributed by atoms with Gasteiger partial charge in [-0.05, 0) is 31.9 Å². The van der Waals surface area contributed by atoms with Gasteiger partial charge < -0.3 is 10.4 Å². The highest BCUT2D eigenvalue weighted by molar-refractivity contribution is 5.44. The molecular formula is C15H21N3O. The quantitative estimate of drug-likeness (QED) is 0.819. The number of hydrogen-bond acceptors (Lipinski definition) is 4. The summed E-state index contributed by atoms with van der Waals surface area (Å²) in [7, 11) is 0. The van der Waals surface area contributed by atoms with Crippen molar-refractivity contribution in [3.8, 4) is 6.07 Å². The molecule has 2 N–H and O–H groups in total. The predicted octanol–water partition coefficient (Wildman–Crippen LogP) is 2.76. The molecule has 2 rings (SSSR count). The van der Waals surface area contributed by atoms with Gasteiger partial charge in [-0.3, -0.25) is 0 Å². The molecule has 4 nitrogen and oxygen atoms in total. The molecule has 1 aromatic heterocycles. The van der Waals surface area contributed by atoms with Crippen LogP contribution in [0.3, 0.4) is 0 Å². The number of nitrogens with zero attached hydrogens (tertiary/aromatic N) is 2. The van der Waals surface area contributed by atoms with Crippen molar-refractivity contribution in [2.45, 2.75) is 51.0 Å². The maximum absolute atomic E-state index is 10.6. The fourth-order valence-electron chi connectivity index (χ4n) is 2.64. The van der Waals surface area contributed by atoms with Crippen LogP contribution in [-0.2, 0) is 0 Å². The molecule has 0 saturated heterocycles. The maximum Gasteiger partial charge on any atom is 0.127 e. The van der Waals surface area contributed by atoms with Gasteiger partial charge in [0.25, 0.3) is 0 Å². The summed E-state index contributed by atoms with van der Waals surface area (Å²) >= 11 is 0. The highest BCUT2D eigenvalue weighted by Crippen LogP contribution is 2.27. The molecule has 0 aromatic carbocycles. The zero-order valence-corrected chi connectivity index (χ0v) is 11.4. The monoisotopic (exact) mass is 259 g/mol. The van der Waals surface area contributed by atoms with Crippen molar-refractivity contribution in [3.05, 3.63) is 23.4 Å². The summed E-state index contributed by atoms with van der Waals surface area (Å²) in [6.45, 7) is 2.38. The molecule has 0 bridgehead atoms. The number of nitriles is 1. The summed E-state index contributed by atoms with van der Waals surface area (Å²) < 4.78 is 0. The van der Waals surface area contributed by atoms with E-state index in [9.17, 15) is 5.11 Å². The zero-order valence-electron chi connectivity index (χ0n) is 11.4. The molecule has 1 aromatic rings. The Labute approximate surface area is 114 Å². The van der Waals surface area contributed by atoms with Crippen LogP contribution in [0.2, 0.25) is 0 Å². The Bertz CT molecular complexity index is 471. The van der Waals surface area contributed by atoms with Gasteiger partial charge >= 0.3 is 0 Å². The number of aryl methyl sites for hydroxylation is 1. The van der Waals surface area contributed by atoms with Gasteiger partial charge in [0.15, 0.2) is 0 Å². The standard InChI is InChI=1S/C15H21N3O/c1-12-8-13(10-16)9-14(18-12)17-11-15(19)6-4-2-3-5-7-15/h8-9,19H,2-7,11H2,1H3,(H,17,18). The van der Waals surface area contributed by atoms with E-state index in [2.05, 4.69) is 16.4 Å². The second kappa shape index (κ2) is 6.03. The molecule has 19 heavy (non-hydrogen) atoms. The summed E-state index contributed by atoms with van der Waals surface area (Å²) in [6, 6.07) is 5.61. The lowest BCUT2D eigenvalue weighted by Gasteiger charge is -2.27. The van der Waals surface area contributed by atoms with E-state index >= 15 is 0 Å². The van der Waals surface area contributed by atoms with Crippen LogP contribution < -0.4 is 5.32 Å². The van der Waals surface area contributed by atoms with Crippen LogP contribution in [0.25, 0.3) is 0 Å². The van der Waals surface area contributed by atoms with E-state index in [1.807, 2.05) is 6.92 Å². The highest BCUT2D eigenvalue weighted by atomic mass is 16.3. The summed E-state index contributed by atoms with van der Waals surface area (Å²) in [5.41, 5.74) is 0.784. The van der Waals surface area contributed by atoms with E-state index < -0.39 is 5.60 Å². The number of hydrogen-bond donors (Lipinski definition) is 2. The lowest BCUT2D eigenvalue weighted by Crippen LogP contribution is -2.36. The zero-order chi connectivity index (χ0) is 13.7. The van der Waals surface area contributed by atoms with Crippen molar-refractivity contribution in [1.29, 1.82) is 5.26 Å². The third kappa shape index (κ3) is 3.93. The van der Waals surface area contributed by atoms with Crippen molar-refractivity contribution >= 4 is 5.82 Å². The van der Waals surface area contributed by atoms with Gasteiger partial charge in [-0.25, -0.2) is 4.98 Å². The minimum atomic E-state index is -0.630. The molecule has 0 atom stereocenters. The molecule has 0 amide bonds. The van der Waals surface area contributed by atoms with E-state index in [0.717, 1.165) is 31.4 Å². The van der Waals surface area contributed by atoms with E-state index in [1.54, 1.807) is 12.1 Å². The van der Waals surface area contributed by atoms with Crippen LogP contribution in [0.1, 0.15) is 49.8 Å². The first-order valence-electron chi connectivity index (χ1n) is 6.96. The predicted molar refractivity (Wildman–Crippen MR) is 74.8 cm³/mol. The molecular weight excluding hydrogens is 238 g/mol. The van der Waals surface area contributed by atoms with E-state index in [0.29, 0.717) is 17.9 Å². The van der Waals surface area contributed by atoms with Crippen LogP contribution in [0, 0.1) is 18.3 Å². The van der Waals surface area contributed by atoms with E-state index in [1.165, 1.54) is 12.8 Å². The Balaban J connectivity index is 2.01. The topological polar surface area (TPSA) is 68.9 Å². The second-order valence-corrected chi connectivity index (χ2v) is 5.49. The fourth-order valence-corrected chi connectivity index (χ4v) is 2.64. The second-order valence-electron chi connectivity index (χ2n) is 5.49. The van der Waals surface area contributed by atoms with E-state index in [-0.39, 0.29) is 0 Å². The smallest absolute Gasteiger partial charge is 0.127 e. The SMILES string of the molecule is Cc1cc(C#N)cc(NCC2(O)CCCCCC2)n1. The highest BCUT2D eigenvalue weighted by Gasteiger charge is 2.27. The first kappa shape index (κ1) is 13.8. The molecule has 0 aliphatic heterocycles. The first-order chi connectivity index (χ1) is 9.11. The van der Waals surface area contributed by atoms with Gasteiger partial charge in [-0.15, -0.1) is 0 Å². The largest absolute Gasteiger partial charge is 0.388 e. The third-order valence-electron chi connectivity index (χ3n) is 3.72. The fraction of sp³-hybridized carbons (Fsp3) is 0.600. The maximum atomic E-state index is 10.6. The Morgan fingerprint density at radius 3 is 2.63 bits per heavy atom. The molecule has 1 aliphatic carbocycles. The number of aromatic nitrogens is 1. The number of pyridine rings is 1. The van der Waals surface area contributed by atoms with Gasteiger partial charge in [0.2, 0.25) is 0 Å². The summed E-state index contributed by atoms with van der Waals surface area (Å²) in [5, 5.41) is 22.7. The molecule has 4 heteroatoms. The number of aliphatic hydroxyl groups is 1. The van der Waals surface area contributed by atoms with Crippen LogP contribution in [0.15, 0.2) is 12.1 Å². The Kier molecular flexibility index (Phi) is 4.39. The summed E-state index contributed by atoms with van der Waals surface area (Å²) in [6.07, 6.45) is 6.28. The van der Waals surface area contributed by atoms with Gasteiger partial charge in [0.05, 0.1) is 17.2 Å². The number of anilines is 1. The molecule has 1 heterocycles. The van der Waals surface area contributed by atoms with Gasteiger partial charge in [0, 0.05) is 12.2 Å². The molecule has 1 saturated carbocycles. The van der Waals surface area contributed by atoms with Gasteiger partial charge in [-0.1, -0.05) is 25.7 Å². The van der Waals surface area contributed by atoms with Crippen molar-refractivity contribution < 1.29 is 5.11 Å². The van der Waals surface area contributed by atoms with Crippen molar-refractivity contribution in [3.63, 3.8) is 0 Å².